The molecule has 0 rings (SSSR count). The third-order valence-corrected chi connectivity index (χ3v) is 3.38. The molecule has 0 heterocycles. The molecule has 3 nitrogen and oxygen atoms in total. The topological polar surface area (TPSA) is 29.1 Å². The minimum Gasteiger partial charge on any atom is -0.352 e. The van der Waals surface area contributed by atoms with E-state index in [0.29, 0.717) is 5.57 Å². The summed E-state index contributed by atoms with van der Waals surface area (Å²) in [6.45, 7) is 13.8. The van der Waals surface area contributed by atoms with Gasteiger partial charge in [-0.1, -0.05) is 6.58 Å². The van der Waals surface area contributed by atoms with Gasteiger partial charge < -0.3 is 9.80 Å². The van der Waals surface area contributed by atoms with Crippen LogP contribution in [0.2, 0.25) is 0 Å². The lowest BCUT2D eigenvalue weighted by Gasteiger charge is -2.42. The summed E-state index contributed by atoms with van der Waals surface area (Å²) in [6, 6.07) is 0. The first-order valence-electron chi connectivity index (χ1n) is 5.85. The van der Waals surface area contributed by atoms with Crippen molar-refractivity contribution in [1.82, 2.24) is 5.32 Å². The van der Waals surface area contributed by atoms with Gasteiger partial charge in [0.15, 0.2) is 0 Å². The van der Waals surface area contributed by atoms with Crippen LogP contribution >= 0.6 is 0 Å². The molecule has 1 amide bonds. The van der Waals surface area contributed by atoms with E-state index in [4.69, 9.17) is 0 Å². The molecule has 0 fully saturated rings. The minimum absolute atomic E-state index is 0.0407. The Morgan fingerprint density at radius 3 is 2.19 bits per heavy atom. The standard InChI is InChI=1S/C13H26N2O/c1-11(2)12(16)14-9-8-10-15(6,7)13(3,4)5/h1,8-10H2,2-7H3/p+1. The van der Waals surface area contributed by atoms with Crippen LogP contribution in [0, 0.1) is 0 Å². The van der Waals surface area contributed by atoms with Crippen molar-refractivity contribution in [2.24, 2.45) is 0 Å². The first kappa shape index (κ1) is 15.2. The molecule has 0 saturated carbocycles. The number of hydrogen-bond donors (Lipinski definition) is 1. The maximum Gasteiger partial charge on any atom is 0.246 e. The molecule has 0 radical (unpaired) electrons. The number of amides is 1. The van der Waals surface area contributed by atoms with Crippen molar-refractivity contribution >= 4 is 5.91 Å². The first-order chi connectivity index (χ1) is 7.08. The van der Waals surface area contributed by atoms with Gasteiger partial charge >= 0.3 is 0 Å². The van der Waals surface area contributed by atoms with Crippen molar-refractivity contribution in [3.05, 3.63) is 12.2 Å². The summed E-state index contributed by atoms with van der Waals surface area (Å²) in [5.74, 6) is -0.0407. The van der Waals surface area contributed by atoms with Gasteiger partial charge in [-0.15, -0.1) is 0 Å². The predicted molar refractivity (Wildman–Crippen MR) is 69.2 cm³/mol. The summed E-state index contributed by atoms with van der Waals surface area (Å²) in [4.78, 5) is 11.2. The molecule has 0 saturated heterocycles. The molecule has 0 aromatic carbocycles. The number of quaternary nitrogens is 1. The zero-order valence-corrected chi connectivity index (χ0v) is 11.7. The zero-order valence-electron chi connectivity index (χ0n) is 11.7. The second-order valence-corrected chi connectivity index (χ2v) is 5.97. The summed E-state index contributed by atoms with van der Waals surface area (Å²) in [5.41, 5.74) is 0.808. The van der Waals surface area contributed by atoms with E-state index in [-0.39, 0.29) is 11.4 Å². The molecule has 1 N–H and O–H groups in total. The largest absolute Gasteiger partial charge is 0.352 e. The van der Waals surface area contributed by atoms with E-state index in [1.54, 1.807) is 6.92 Å². The lowest BCUT2D eigenvalue weighted by molar-refractivity contribution is -0.935. The predicted octanol–water partition coefficient (Wildman–Crippen LogP) is 1.94. The van der Waals surface area contributed by atoms with Crippen molar-refractivity contribution in [2.75, 3.05) is 27.2 Å². The van der Waals surface area contributed by atoms with Crippen LogP contribution in [-0.2, 0) is 4.79 Å². The van der Waals surface area contributed by atoms with Gasteiger partial charge in [-0.05, 0) is 27.7 Å². The molecule has 0 aliphatic heterocycles. The summed E-state index contributed by atoms with van der Waals surface area (Å²) < 4.78 is 0.954. The Labute approximate surface area is 100 Å². The first-order valence-corrected chi connectivity index (χ1v) is 5.85. The Morgan fingerprint density at radius 2 is 1.81 bits per heavy atom. The Balaban J connectivity index is 3.92. The van der Waals surface area contributed by atoms with Crippen molar-refractivity contribution in [1.29, 1.82) is 0 Å². The number of nitrogens with zero attached hydrogens (tertiary/aromatic N) is 1. The average Bonchev–Trinajstić information content (AvgIpc) is 2.09. The van der Waals surface area contributed by atoms with E-state index in [1.165, 1.54) is 0 Å². The van der Waals surface area contributed by atoms with Crippen molar-refractivity contribution in [3.63, 3.8) is 0 Å². The summed E-state index contributed by atoms with van der Waals surface area (Å²) in [7, 11) is 4.45. The Morgan fingerprint density at radius 1 is 1.31 bits per heavy atom. The molecular weight excluding hydrogens is 200 g/mol. The fraction of sp³-hybridized carbons (Fsp3) is 0.769. The van der Waals surface area contributed by atoms with Gasteiger partial charge in [0, 0.05) is 18.5 Å². The van der Waals surface area contributed by atoms with E-state index < -0.39 is 0 Å². The number of hydrogen-bond acceptors (Lipinski definition) is 1. The normalized spacial score (nSPS) is 12.4. The van der Waals surface area contributed by atoms with Crippen molar-refractivity contribution in [2.45, 2.75) is 39.7 Å². The van der Waals surface area contributed by atoms with Crippen LogP contribution in [0.1, 0.15) is 34.1 Å². The van der Waals surface area contributed by atoms with Crippen LogP contribution in [-0.4, -0.2) is 43.1 Å². The molecule has 0 aliphatic carbocycles. The van der Waals surface area contributed by atoms with Gasteiger partial charge in [-0.2, -0.15) is 0 Å². The molecule has 0 aromatic rings. The highest BCUT2D eigenvalue weighted by molar-refractivity contribution is 5.91. The fourth-order valence-electron chi connectivity index (χ4n) is 1.16. The van der Waals surface area contributed by atoms with Crippen LogP contribution in [0.15, 0.2) is 12.2 Å². The van der Waals surface area contributed by atoms with Gasteiger partial charge in [-0.25, -0.2) is 0 Å². The molecule has 0 atom stereocenters. The number of rotatable bonds is 5. The van der Waals surface area contributed by atoms with Crippen LogP contribution in [0.25, 0.3) is 0 Å². The SMILES string of the molecule is C=C(C)C(=O)NCCC[N+](C)(C)C(C)(C)C. The van der Waals surface area contributed by atoms with E-state index in [9.17, 15) is 4.79 Å². The smallest absolute Gasteiger partial charge is 0.246 e. The maximum absolute atomic E-state index is 11.2. The molecule has 0 aromatic heterocycles. The highest BCUT2D eigenvalue weighted by atomic mass is 16.1. The average molecular weight is 227 g/mol. The van der Waals surface area contributed by atoms with E-state index in [1.807, 2.05) is 0 Å². The molecule has 0 aliphatic rings. The Bertz CT molecular complexity index is 262. The van der Waals surface area contributed by atoms with Crippen LogP contribution in [0.5, 0.6) is 0 Å². The van der Waals surface area contributed by atoms with Crippen LogP contribution in [0.4, 0.5) is 0 Å². The molecule has 16 heavy (non-hydrogen) atoms. The fourth-order valence-corrected chi connectivity index (χ4v) is 1.16. The highest BCUT2D eigenvalue weighted by Gasteiger charge is 2.30. The monoisotopic (exact) mass is 227 g/mol. The molecule has 0 bridgehead atoms. The van der Waals surface area contributed by atoms with Crippen molar-refractivity contribution in [3.8, 4) is 0 Å². The molecule has 0 unspecified atom stereocenters. The molecule has 0 spiro atoms. The third kappa shape index (κ3) is 4.79. The van der Waals surface area contributed by atoms with E-state index in [2.05, 4.69) is 46.8 Å². The lowest BCUT2D eigenvalue weighted by atomic mass is 10.0. The second-order valence-electron chi connectivity index (χ2n) is 5.97. The lowest BCUT2D eigenvalue weighted by Crippen LogP contribution is -2.55. The quantitative estimate of drug-likeness (QED) is 0.434. The maximum atomic E-state index is 11.2. The van der Waals surface area contributed by atoms with Gasteiger partial charge in [0.1, 0.15) is 0 Å². The van der Waals surface area contributed by atoms with Crippen LogP contribution < -0.4 is 5.32 Å². The summed E-state index contributed by atoms with van der Waals surface area (Å²) in [6.07, 6.45) is 0.989. The van der Waals surface area contributed by atoms with E-state index in [0.717, 1.165) is 24.0 Å². The second kappa shape index (κ2) is 5.48. The van der Waals surface area contributed by atoms with Crippen molar-refractivity contribution < 1.29 is 9.28 Å². The van der Waals surface area contributed by atoms with Gasteiger partial charge in [0.25, 0.3) is 0 Å². The third-order valence-electron chi connectivity index (χ3n) is 3.38. The molecule has 94 valence electrons. The van der Waals surface area contributed by atoms with E-state index >= 15 is 0 Å². The van der Waals surface area contributed by atoms with Gasteiger partial charge in [0.2, 0.25) is 5.91 Å². The summed E-state index contributed by atoms with van der Waals surface area (Å²) in [5, 5.41) is 2.86. The summed E-state index contributed by atoms with van der Waals surface area (Å²) >= 11 is 0. The highest BCUT2D eigenvalue weighted by Crippen LogP contribution is 2.18. The van der Waals surface area contributed by atoms with Crippen LogP contribution in [0.3, 0.4) is 0 Å². The number of nitrogens with one attached hydrogen (secondary N) is 1. The molecule has 3 heteroatoms. The number of carbonyl (C=O) groups is 1. The zero-order chi connectivity index (χ0) is 13.0. The Kier molecular flexibility index (Phi) is 5.20. The molecular formula is C13H27N2O+. The Hall–Kier alpha value is -0.830. The van der Waals surface area contributed by atoms with Gasteiger partial charge in [-0.3, -0.25) is 4.79 Å². The van der Waals surface area contributed by atoms with Gasteiger partial charge in [0.05, 0.1) is 26.2 Å². The number of carbonyl (C=O) groups excluding carboxylic acids is 1. The minimum atomic E-state index is -0.0407.